The third-order valence-corrected chi connectivity index (χ3v) is 4.03. The Labute approximate surface area is 113 Å². The minimum absolute atomic E-state index is 0.0696. The van der Waals surface area contributed by atoms with Gasteiger partial charge in [0.25, 0.3) is 0 Å². The number of imide groups is 1. The van der Waals surface area contributed by atoms with E-state index in [0.29, 0.717) is 13.1 Å². The highest BCUT2D eigenvalue weighted by Gasteiger charge is 2.42. The number of amides is 2. The fourth-order valence-corrected chi connectivity index (χ4v) is 2.42. The van der Waals surface area contributed by atoms with Crippen molar-refractivity contribution >= 4 is 11.8 Å². The van der Waals surface area contributed by atoms with Gasteiger partial charge >= 0.3 is 0 Å². The van der Waals surface area contributed by atoms with E-state index in [-0.39, 0.29) is 23.7 Å². The predicted octanol–water partition coefficient (Wildman–Crippen LogP) is 1.59. The number of likely N-dealkylation sites (tertiary alicyclic amines) is 1. The Bertz CT molecular complexity index is 505. The van der Waals surface area contributed by atoms with Crippen LogP contribution in [-0.2, 0) is 22.7 Å². The van der Waals surface area contributed by atoms with Crippen LogP contribution in [0.25, 0.3) is 0 Å². The SMILES string of the molecule is Cc1cc(CN)ccc1CN1C(=O)C(C)C(C)C1=O. The zero-order valence-electron chi connectivity index (χ0n) is 11.6. The molecule has 1 aliphatic heterocycles. The topological polar surface area (TPSA) is 63.4 Å². The summed E-state index contributed by atoms with van der Waals surface area (Å²) in [6.07, 6.45) is 0. The maximum absolute atomic E-state index is 12.0. The molecule has 0 saturated carbocycles. The van der Waals surface area contributed by atoms with Crippen LogP contribution in [0.1, 0.15) is 30.5 Å². The lowest BCUT2D eigenvalue weighted by Gasteiger charge is -2.16. The predicted molar refractivity (Wildman–Crippen MR) is 73.0 cm³/mol. The van der Waals surface area contributed by atoms with E-state index < -0.39 is 0 Å². The van der Waals surface area contributed by atoms with Gasteiger partial charge in [0.1, 0.15) is 0 Å². The summed E-state index contributed by atoms with van der Waals surface area (Å²) in [5.41, 5.74) is 8.72. The molecule has 2 amide bonds. The summed E-state index contributed by atoms with van der Waals surface area (Å²) in [6.45, 7) is 6.47. The summed E-state index contributed by atoms with van der Waals surface area (Å²) >= 11 is 0. The largest absolute Gasteiger partial charge is 0.326 e. The second kappa shape index (κ2) is 5.13. The monoisotopic (exact) mass is 260 g/mol. The maximum atomic E-state index is 12.0. The highest BCUT2D eigenvalue weighted by molar-refractivity contribution is 6.04. The number of nitrogens with zero attached hydrogens (tertiary/aromatic N) is 1. The normalized spacial score (nSPS) is 23.3. The van der Waals surface area contributed by atoms with E-state index >= 15 is 0 Å². The summed E-state index contributed by atoms with van der Waals surface area (Å²) in [6, 6.07) is 5.90. The molecule has 1 aromatic carbocycles. The van der Waals surface area contributed by atoms with Crippen LogP contribution in [0, 0.1) is 18.8 Å². The molecule has 1 saturated heterocycles. The Morgan fingerprint density at radius 1 is 1.16 bits per heavy atom. The average Bonchev–Trinajstić information content (AvgIpc) is 2.58. The van der Waals surface area contributed by atoms with E-state index in [1.54, 1.807) is 0 Å². The molecule has 0 spiro atoms. The summed E-state index contributed by atoms with van der Waals surface area (Å²) < 4.78 is 0. The molecule has 2 N–H and O–H groups in total. The molecule has 1 aromatic rings. The van der Waals surface area contributed by atoms with Crippen molar-refractivity contribution in [2.45, 2.75) is 33.9 Å². The molecule has 1 aliphatic rings. The number of aryl methyl sites for hydroxylation is 1. The molecule has 4 heteroatoms. The van der Waals surface area contributed by atoms with E-state index in [4.69, 9.17) is 5.73 Å². The maximum Gasteiger partial charge on any atom is 0.233 e. The Kier molecular flexibility index (Phi) is 3.71. The Balaban J connectivity index is 2.22. The molecule has 4 nitrogen and oxygen atoms in total. The van der Waals surface area contributed by atoms with Gasteiger partial charge in [-0.2, -0.15) is 0 Å². The number of benzene rings is 1. The third kappa shape index (κ3) is 2.40. The number of carbonyl (C=O) groups is 2. The molecule has 19 heavy (non-hydrogen) atoms. The molecule has 102 valence electrons. The molecule has 1 fully saturated rings. The van der Waals surface area contributed by atoms with E-state index in [9.17, 15) is 9.59 Å². The molecular weight excluding hydrogens is 240 g/mol. The first-order valence-corrected chi connectivity index (χ1v) is 6.59. The van der Waals surface area contributed by atoms with Crippen molar-refractivity contribution in [1.82, 2.24) is 4.90 Å². The Morgan fingerprint density at radius 2 is 1.74 bits per heavy atom. The minimum atomic E-state index is -0.212. The van der Waals surface area contributed by atoms with Gasteiger partial charge in [0.15, 0.2) is 0 Å². The van der Waals surface area contributed by atoms with Crippen LogP contribution in [0.3, 0.4) is 0 Å². The zero-order valence-corrected chi connectivity index (χ0v) is 11.6. The van der Waals surface area contributed by atoms with Gasteiger partial charge in [-0.05, 0) is 23.6 Å². The van der Waals surface area contributed by atoms with Crippen LogP contribution in [0.4, 0.5) is 0 Å². The lowest BCUT2D eigenvalue weighted by molar-refractivity contribution is -0.140. The van der Waals surface area contributed by atoms with Crippen molar-refractivity contribution in [2.24, 2.45) is 17.6 Å². The van der Waals surface area contributed by atoms with Crippen molar-refractivity contribution in [3.63, 3.8) is 0 Å². The first-order valence-electron chi connectivity index (χ1n) is 6.59. The fourth-order valence-electron chi connectivity index (χ4n) is 2.42. The number of carbonyl (C=O) groups excluding carboxylic acids is 2. The van der Waals surface area contributed by atoms with Crippen LogP contribution in [0.2, 0.25) is 0 Å². The van der Waals surface area contributed by atoms with Gasteiger partial charge in [-0.15, -0.1) is 0 Å². The first-order chi connectivity index (χ1) is 8.95. The molecule has 0 aromatic heterocycles. The summed E-state index contributed by atoms with van der Waals surface area (Å²) in [5.74, 6) is -0.563. The van der Waals surface area contributed by atoms with Gasteiger partial charge in [-0.25, -0.2) is 0 Å². The van der Waals surface area contributed by atoms with Gasteiger partial charge in [-0.3, -0.25) is 14.5 Å². The van der Waals surface area contributed by atoms with E-state index in [2.05, 4.69) is 0 Å². The van der Waals surface area contributed by atoms with Crippen molar-refractivity contribution in [3.05, 3.63) is 34.9 Å². The van der Waals surface area contributed by atoms with Crippen LogP contribution < -0.4 is 5.73 Å². The van der Waals surface area contributed by atoms with Crippen molar-refractivity contribution in [2.75, 3.05) is 0 Å². The molecular formula is C15H20N2O2. The van der Waals surface area contributed by atoms with Crippen molar-refractivity contribution in [1.29, 1.82) is 0 Å². The molecule has 2 atom stereocenters. The molecule has 0 radical (unpaired) electrons. The molecule has 1 heterocycles. The standard InChI is InChI=1S/C15H20N2O2/c1-9-6-12(7-16)4-5-13(9)8-17-14(18)10(2)11(3)15(17)19/h4-6,10-11H,7-8,16H2,1-3H3. The van der Waals surface area contributed by atoms with Crippen molar-refractivity contribution < 1.29 is 9.59 Å². The number of nitrogens with two attached hydrogens (primary N) is 1. The zero-order chi connectivity index (χ0) is 14.2. The van der Waals surface area contributed by atoms with Gasteiger partial charge in [-0.1, -0.05) is 32.0 Å². The Morgan fingerprint density at radius 3 is 2.21 bits per heavy atom. The quantitative estimate of drug-likeness (QED) is 0.839. The second-order valence-corrected chi connectivity index (χ2v) is 5.30. The Hall–Kier alpha value is -1.68. The fraction of sp³-hybridized carbons (Fsp3) is 0.467. The van der Waals surface area contributed by atoms with Gasteiger partial charge in [0.05, 0.1) is 6.54 Å². The number of hydrogen-bond acceptors (Lipinski definition) is 3. The van der Waals surface area contributed by atoms with Crippen LogP contribution >= 0.6 is 0 Å². The third-order valence-electron chi connectivity index (χ3n) is 4.03. The van der Waals surface area contributed by atoms with Gasteiger partial charge in [0.2, 0.25) is 11.8 Å². The summed E-state index contributed by atoms with van der Waals surface area (Å²) in [7, 11) is 0. The number of rotatable bonds is 3. The highest BCUT2D eigenvalue weighted by atomic mass is 16.2. The van der Waals surface area contributed by atoms with E-state index in [1.165, 1.54) is 4.90 Å². The lowest BCUT2D eigenvalue weighted by atomic mass is 10.00. The molecule has 0 bridgehead atoms. The smallest absolute Gasteiger partial charge is 0.233 e. The second-order valence-electron chi connectivity index (χ2n) is 5.30. The molecule has 0 aliphatic carbocycles. The summed E-state index contributed by atoms with van der Waals surface area (Å²) in [4.78, 5) is 25.5. The van der Waals surface area contributed by atoms with Crippen molar-refractivity contribution in [3.8, 4) is 0 Å². The first kappa shape index (κ1) is 13.7. The van der Waals surface area contributed by atoms with Crippen LogP contribution in [-0.4, -0.2) is 16.7 Å². The van der Waals surface area contributed by atoms with Crippen LogP contribution in [0.5, 0.6) is 0 Å². The van der Waals surface area contributed by atoms with E-state index in [0.717, 1.165) is 16.7 Å². The average molecular weight is 260 g/mol. The van der Waals surface area contributed by atoms with Gasteiger partial charge < -0.3 is 5.73 Å². The minimum Gasteiger partial charge on any atom is -0.326 e. The summed E-state index contributed by atoms with van der Waals surface area (Å²) in [5, 5.41) is 0. The molecule has 2 rings (SSSR count). The van der Waals surface area contributed by atoms with E-state index in [1.807, 2.05) is 39.0 Å². The molecule has 2 unspecified atom stereocenters. The highest BCUT2D eigenvalue weighted by Crippen LogP contribution is 2.27. The van der Waals surface area contributed by atoms with Gasteiger partial charge in [0, 0.05) is 18.4 Å². The lowest BCUT2D eigenvalue weighted by Crippen LogP contribution is -2.30. The number of hydrogen-bond donors (Lipinski definition) is 1. The van der Waals surface area contributed by atoms with Crippen LogP contribution in [0.15, 0.2) is 18.2 Å².